The van der Waals surface area contributed by atoms with Crippen molar-refractivity contribution in [3.63, 3.8) is 0 Å². The van der Waals surface area contributed by atoms with Crippen LogP contribution in [0.25, 0.3) is 83.9 Å². The Balaban J connectivity index is 0.000000178. The molecule has 6 atom stereocenters. The number of nitrogens with two attached hydrogens (primary N) is 3. The number of nitrogens with zero attached hydrogens (tertiary/aromatic N) is 18. The van der Waals surface area contributed by atoms with Crippen molar-refractivity contribution in [1.82, 2.24) is 58.3 Å². The largest absolute Gasteiger partial charge is 0.396 e. The Morgan fingerprint density at radius 2 is 0.596 bits per heavy atom. The van der Waals surface area contributed by atoms with E-state index in [1.54, 1.807) is 72.3 Å². The van der Waals surface area contributed by atoms with E-state index >= 15 is 13.2 Å². The Labute approximate surface area is 850 Å². The lowest BCUT2D eigenvalue weighted by molar-refractivity contribution is -0.131. The van der Waals surface area contributed by atoms with E-state index in [1.165, 1.54) is 50.1 Å². The van der Waals surface area contributed by atoms with E-state index in [0.29, 0.717) is 50.8 Å². The van der Waals surface area contributed by atoms with Gasteiger partial charge in [0.1, 0.15) is 66.9 Å². The third-order valence-electron chi connectivity index (χ3n) is 24.9. The molecule has 0 radical (unpaired) electrons. The number of carbonyl (C=O) groups is 3. The highest BCUT2D eigenvalue weighted by molar-refractivity contribution is 6.44. The monoisotopic (exact) mass is 2100 g/mol. The van der Waals surface area contributed by atoms with Gasteiger partial charge in [-0.2, -0.15) is 15.8 Å². The normalized spacial score (nSPS) is 16.6. The van der Waals surface area contributed by atoms with Crippen molar-refractivity contribution < 1.29 is 40.7 Å². The first kappa shape index (κ1) is 106. The summed E-state index contributed by atoms with van der Waals surface area (Å²) in [6.07, 6.45) is 8.55. The number of rotatable bonds is 15. The Hall–Kier alpha value is -12.7. The van der Waals surface area contributed by atoms with Crippen molar-refractivity contribution in [3.8, 4) is 69.0 Å². The average molecular weight is 2100 g/mol. The standard InChI is InChI=1S/3C33H30Cl3F2N7O2/c3*1-7-21(46)44-16(5)12-43(13-17(44)6)31-18-10-20(34)29(22-23(35)27(40)24(36)26(38)25(22)37)42-32(18)45(33(47)19(31)11-39)30-15(4)8-9-41-28(30)14(2)3/h3*7-10,14,16-17H,1,12-13,40H2,2-6H3/t3*16-,17+. The molecule has 12 aromatic rings. The second-order valence-electron chi connectivity index (χ2n) is 35.3. The van der Waals surface area contributed by atoms with Crippen molar-refractivity contribution in [2.24, 2.45) is 0 Å². The summed E-state index contributed by atoms with van der Waals surface area (Å²) in [4.78, 5) is 120. The second-order valence-corrected chi connectivity index (χ2v) is 38.8. The van der Waals surface area contributed by atoms with Gasteiger partial charge in [-0.15, -0.1) is 0 Å². The van der Waals surface area contributed by atoms with Gasteiger partial charge in [-0.05, 0) is 151 Å². The van der Waals surface area contributed by atoms with Gasteiger partial charge in [0.15, 0.2) is 34.9 Å². The van der Waals surface area contributed by atoms with E-state index in [0.717, 1.165) is 0 Å². The van der Waals surface area contributed by atoms with Gasteiger partial charge in [0.2, 0.25) is 17.7 Å². The molecular formula is C99H90Cl9F6N21O6. The maximum absolute atomic E-state index is 15.5. The van der Waals surface area contributed by atoms with Gasteiger partial charge in [0, 0.05) is 110 Å². The van der Waals surface area contributed by atoms with Gasteiger partial charge in [-0.25, -0.2) is 41.3 Å². The highest BCUT2D eigenvalue weighted by atomic mass is 35.5. The number of pyridine rings is 9. The molecular weight excluding hydrogens is 2010 g/mol. The summed E-state index contributed by atoms with van der Waals surface area (Å²) < 4.78 is 95.1. The molecule has 0 spiro atoms. The molecule has 3 saturated heterocycles. The third-order valence-corrected chi connectivity index (χ3v) is 28.1. The second kappa shape index (κ2) is 41.5. The number of halogens is 15. The lowest BCUT2D eigenvalue weighted by Crippen LogP contribution is -2.58. The molecule has 12 heterocycles. The SMILES string of the molecule is C=CC(=O)N1[C@H](C)CN(c2c(C#N)c(=O)n(-c3c(C)ccnc3C(C)C)c3nc(-c4c(F)c(F)c(Cl)c(N)c4Cl)c(Cl)cc23)C[C@@H]1C.C=CC(=O)N1[C@H](C)CN(c2c(C#N)c(=O)n(-c3c(C)ccnc3C(C)C)c3nc(-c4c(F)c(F)c(Cl)c(N)c4Cl)c(Cl)cc23)C[C@@H]1C.C=CC(=O)N1[C@H](C)CN(c2c(C#N)c(=O)n(-c3c(C)ccnc3C(C)C)c3nc(-c4c(F)c(F)c(Cl)c(N)c4Cl)c(Cl)cc23)C[C@@H]1C. The maximum atomic E-state index is 15.5. The molecule has 27 nitrogen and oxygen atoms in total. The molecule has 42 heteroatoms. The van der Waals surface area contributed by atoms with Gasteiger partial charge in [0.25, 0.3) is 16.7 Å². The molecule has 0 bridgehead atoms. The molecule has 0 saturated carbocycles. The van der Waals surface area contributed by atoms with Crippen LogP contribution in [0.5, 0.6) is 0 Å². The van der Waals surface area contributed by atoms with Crippen LogP contribution in [0.4, 0.5) is 60.5 Å². The number of aryl methyl sites for hydroxylation is 3. The number of fused-ring (bicyclic) bond motifs is 3. The zero-order chi connectivity index (χ0) is 104. The predicted molar refractivity (Wildman–Crippen MR) is 545 cm³/mol. The maximum Gasteiger partial charge on any atom is 0.276 e. The quantitative estimate of drug-likeness (QED) is 0.0282. The number of benzene rings is 3. The molecule has 0 unspecified atom stereocenters. The zero-order valence-electron chi connectivity index (χ0n) is 78.4. The summed E-state index contributed by atoms with van der Waals surface area (Å²) >= 11 is 57.2. The fourth-order valence-electron chi connectivity index (χ4n) is 18.8. The highest BCUT2D eigenvalue weighted by Gasteiger charge is 2.42. The zero-order valence-corrected chi connectivity index (χ0v) is 85.2. The molecule has 9 aromatic heterocycles. The molecule has 3 aromatic carbocycles. The molecule has 6 N–H and O–H groups in total. The average Bonchev–Trinajstić information content (AvgIpc) is 0.725. The number of aromatic nitrogens is 9. The number of hydrogen-bond acceptors (Lipinski definition) is 21. The van der Waals surface area contributed by atoms with Crippen molar-refractivity contribution in [1.29, 1.82) is 15.8 Å². The Bertz CT molecular complexity index is 6860. The van der Waals surface area contributed by atoms with Gasteiger partial charge in [0.05, 0.1) is 132 Å². The minimum atomic E-state index is -1.44. The van der Waals surface area contributed by atoms with Crippen LogP contribution in [0.1, 0.15) is 151 Å². The third kappa shape index (κ3) is 18.4. The first-order chi connectivity index (χ1) is 66.5. The van der Waals surface area contributed by atoms with Crippen LogP contribution in [-0.2, 0) is 14.4 Å². The van der Waals surface area contributed by atoms with E-state index in [2.05, 4.69) is 67.8 Å². The molecule has 15 rings (SSSR count). The van der Waals surface area contributed by atoms with Gasteiger partial charge < -0.3 is 46.6 Å². The van der Waals surface area contributed by atoms with Gasteiger partial charge >= 0.3 is 0 Å². The Morgan fingerprint density at radius 3 is 0.787 bits per heavy atom. The topological polar surface area (TPSA) is 363 Å². The molecule has 141 heavy (non-hydrogen) atoms. The van der Waals surface area contributed by atoms with Crippen LogP contribution in [0.2, 0.25) is 45.2 Å². The number of amides is 3. The number of carbonyl (C=O) groups excluding carboxylic acids is 3. The van der Waals surface area contributed by atoms with Crippen molar-refractivity contribution >= 4 is 189 Å². The molecule has 3 fully saturated rings. The van der Waals surface area contributed by atoms with Crippen LogP contribution >= 0.6 is 104 Å². The van der Waals surface area contributed by atoms with E-state index in [-0.39, 0.29) is 210 Å². The van der Waals surface area contributed by atoms with Gasteiger partial charge in [-0.1, -0.05) is 166 Å². The predicted octanol–water partition coefficient (Wildman–Crippen LogP) is 21.6. The van der Waals surface area contributed by atoms with E-state index < -0.39 is 115 Å². The van der Waals surface area contributed by atoms with Crippen LogP contribution in [-0.4, -0.2) is 152 Å². The Kier molecular flexibility index (Phi) is 31.0. The number of nitriles is 3. The first-order valence-corrected chi connectivity index (χ1v) is 47.3. The van der Waals surface area contributed by atoms with E-state index in [9.17, 15) is 57.7 Å². The summed E-state index contributed by atoms with van der Waals surface area (Å²) in [6.45, 7) is 40.1. The van der Waals surface area contributed by atoms with Crippen molar-refractivity contribution in [2.75, 3.05) is 71.2 Å². The van der Waals surface area contributed by atoms with Gasteiger partial charge in [-0.3, -0.25) is 57.4 Å². The summed E-state index contributed by atoms with van der Waals surface area (Å²) in [5.74, 6) is -9.89. The summed E-state index contributed by atoms with van der Waals surface area (Å²) in [7, 11) is 0. The van der Waals surface area contributed by atoms with Crippen molar-refractivity contribution in [3.05, 3.63) is 255 Å². The van der Waals surface area contributed by atoms with Crippen LogP contribution in [0, 0.1) is 89.7 Å². The van der Waals surface area contributed by atoms with Crippen LogP contribution < -0.4 is 48.6 Å². The lowest BCUT2D eigenvalue weighted by Gasteiger charge is -2.45. The fraction of sp³-hybridized carbons (Fsp3) is 0.303. The molecule has 3 amide bonds. The Morgan fingerprint density at radius 1 is 0.383 bits per heavy atom. The molecule has 732 valence electrons. The van der Waals surface area contributed by atoms with E-state index in [1.807, 2.05) is 97.8 Å². The highest BCUT2D eigenvalue weighted by Crippen LogP contribution is 2.51. The van der Waals surface area contributed by atoms with Crippen LogP contribution in [0.15, 0.2) is 107 Å². The number of nitrogen functional groups attached to an aromatic ring is 3. The first-order valence-electron chi connectivity index (χ1n) is 43.9. The molecule has 0 aliphatic carbocycles. The fourth-order valence-corrected chi connectivity index (χ4v) is 21.0. The minimum Gasteiger partial charge on any atom is -0.396 e. The van der Waals surface area contributed by atoms with E-state index in [4.69, 9.17) is 122 Å². The number of piperazine rings is 3. The number of hydrogen-bond donors (Lipinski definition) is 3. The van der Waals surface area contributed by atoms with Crippen molar-refractivity contribution in [2.45, 2.75) is 158 Å². The molecule has 3 aliphatic rings. The van der Waals surface area contributed by atoms with Crippen LogP contribution in [0.3, 0.4) is 0 Å². The minimum absolute atomic E-state index is 0.0179. The lowest BCUT2D eigenvalue weighted by atomic mass is 10.0. The molecule has 3 aliphatic heterocycles. The summed E-state index contributed by atoms with van der Waals surface area (Å²) in [5, 5.41) is 28.5. The number of anilines is 6. The summed E-state index contributed by atoms with van der Waals surface area (Å²) in [5.41, 5.74) is 16.5. The summed E-state index contributed by atoms with van der Waals surface area (Å²) in [6, 6.07) is 13.7. The smallest absolute Gasteiger partial charge is 0.276 e.